The molecule has 0 saturated carbocycles. The van der Waals surface area contributed by atoms with Gasteiger partial charge in [0.15, 0.2) is 11.5 Å². The molecule has 1 atom stereocenters. The van der Waals surface area contributed by atoms with Crippen molar-refractivity contribution in [3.05, 3.63) is 86.3 Å². The van der Waals surface area contributed by atoms with Gasteiger partial charge in [0, 0.05) is 18.1 Å². The normalized spacial score (nSPS) is 16.0. The Morgan fingerprint density at radius 2 is 1.68 bits per heavy atom. The fourth-order valence-electron chi connectivity index (χ4n) is 4.28. The Bertz CT molecular complexity index is 1090. The van der Waals surface area contributed by atoms with Crippen LogP contribution in [0.4, 0.5) is 0 Å². The van der Waals surface area contributed by atoms with E-state index in [1.165, 1.54) is 16.7 Å². The number of hydrogen-bond acceptors (Lipinski definition) is 4. The molecule has 4 rings (SSSR count). The number of nitrogens with zero attached hydrogens (tertiary/aromatic N) is 1. The molecule has 1 unspecified atom stereocenters. The van der Waals surface area contributed by atoms with Gasteiger partial charge in [-0.2, -0.15) is 0 Å². The van der Waals surface area contributed by atoms with Crippen molar-refractivity contribution >= 4 is 27.5 Å². The lowest BCUT2D eigenvalue weighted by molar-refractivity contribution is 0.203. The SMILES string of the molecule is COc1ccc(CN2CCc3cc(OC)c(OC)cc3C2c2cccc(Cl)c2)cc1Br. The van der Waals surface area contributed by atoms with Crippen LogP contribution in [-0.4, -0.2) is 32.8 Å². The molecule has 0 radical (unpaired) electrons. The topological polar surface area (TPSA) is 30.9 Å². The van der Waals surface area contributed by atoms with Crippen molar-refractivity contribution in [2.24, 2.45) is 0 Å². The maximum absolute atomic E-state index is 6.38. The first-order valence-corrected chi connectivity index (χ1v) is 11.3. The molecule has 1 aliphatic rings. The van der Waals surface area contributed by atoms with Gasteiger partial charge in [0.05, 0.1) is 31.8 Å². The second-order valence-electron chi connectivity index (χ2n) is 7.55. The van der Waals surface area contributed by atoms with E-state index in [0.717, 1.165) is 51.8 Å². The second-order valence-corrected chi connectivity index (χ2v) is 8.84. The largest absolute Gasteiger partial charge is 0.496 e. The monoisotopic (exact) mass is 501 g/mol. The van der Waals surface area contributed by atoms with Gasteiger partial charge in [-0.25, -0.2) is 0 Å². The van der Waals surface area contributed by atoms with Crippen LogP contribution < -0.4 is 14.2 Å². The molecule has 162 valence electrons. The van der Waals surface area contributed by atoms with E-state index in [9.17, 15) is 0 Å². The minimum atomic E-state index is 0.0585. The fourth-order valence-corrected chi connectivity index (χ4v) is 5.06. The van der Waals surface area contributed by atoms with Crippen LogP contribution in [0.15, 0.2) is 59.1 Å². The predicted octanol–water partition coefficient (Wildman–Crippen LogP) is 6.28. The number of ether oxygens (including phenoxy) is 3. The summed E-state index contributed by atoms with van der Waals surface area (Å²) in [5, 5.41) is 0.734. The molecular weight excluding hydrogens is 478 g/mol. The van der Waals surface area contributed by atoms with Gasteiger partial charge < -0.3 is 14.2 Å². The van der Waals surface area contributed by atoms with Crippen molar-refractivity contribution in [1.29, 1.82) is 0 Å². The molecule has 0 amide bonds. The first kappa shape index (κ1) is 22.0. The van der Waals surface area contributed by atoms with E-state index in [4.69, 9.17) is 25.8 Å². The third kappa shape index (κ3) is 4.54. The molecule has 0 saturated heterocycles. The van der Waals surface area contributed by atoms with E-state index >= 15 is 0 Å². The summed E-state index contributed by atoms with van der Waals surface area (Å²) in [7, 11) is 5.03. The van der Waals surface area contributed by atoms with Crippen LogP contribution in [0.5, 0.6) is 17.2 Å². The zero-order valence-electron chi connectivity index (χ0n) is 17.8. The Morgan fingerprint density at radius 3 is 2.35 bits per heavy atom. The average molecular weight is 503 g/mol. The fraction of sp³-hybridized carbons (Fsp3) is 0.280. The van der Waals surface area contributed by atoms with Crippen molar-refractivity contribution in [3.63, 3.8) is 0 Å². The van der Waals surface area contributed by atoms with Crippen LogP contribution in [-0.2, 0) is 13.0 Å². The lowest BCUT2D eigenvalue weighted by Crippen LogP contribution is -2.35. The molecule has 0 N–H and O–H groups in total. The zero-order chi connectivity index (χ0) is 22.0. The summed E-state index contributed by atoms with van der Waals surface area (Å²) in [4.78, 5) is 2.48. The van der Waals surface area contributed by atoms with Crippen LogP contribution in [0.2, 0.25) is 5.02 Å². The van der Waals surface area contributed by atoms with E-state index in [2.05, 4.69) is 57.2 Å². The van der Waals surface area contributed by atoms with E-state index in [1.807, 2.05) is 18.2 Å². The van der Waals surface area contributed by atoms with Crippen LogP contribution in [0, 0.1) is 0 Å². The third-order valence-electron chi connectivity index (χ3n) is 5.74. The van der Waals surface area contributed by atoms with E-state index in [-0.39, 0.29) is 6.04 Å². The summed E-state index contributed by atoms with van der Waals surface area (Å²) in [6.45, 7) is 1.72. The summed E-state index contributed by atoms with van der Waals surface area (Å²) in [5.41, 5.74) is 4.87. The highest BCUT2D eigenvalue weighted by Crippen LogP contribution is 2.42. The Morgan fingerprint density at radius 1 is 0.935 bits per heavy atom. The molecule has 1 aliphatic heterocycles. The number of benzene rings is 3. The predicted molar refractivity (Wildman–Crippen MR) is 128 cm³/mol. The maximum atomic E-state index is 6.38. The lowest BCUT2D eigenvalue weighted by atomic mass is 9.87. The summed E-state index contributed by atoms with van der Waals surface area (Å²) in [6, 6.07) is 18.6. The molecule has 1 heterocycles. The van der Waals surface area contributed by atoms with Gasteiger partial charge in [-0.15, -0.1) is 0 Å². The van der Waals surface area contributed by atoms with Gasteiger partial charge in [-0.05, 0) is 81.0 Å². The summed E-state index contributed by atoms with van der Waals surface area (Å²) < 4.78 is 17.5. The molecule has 3 aromatic carbocycles. The quantitative estimate of drug-likeness (QED) is 0.397. The van der Waals surface area contributed by atoms with Gasteiger partial charge in [0.25, 0.3) is 0 Å². The second kappa shape index (κ2) is 9.51. The first-order valence-electron chi connectivity index (χ1n) is 10.1. The number of halogens is 2. The third-order valence-corrected chi connectivity index (χ3v) is 6.59. The van der Waals surface area contributed by atoms with Crippen LogP contribution >= 0.6 is 27.5 Å². The van der Waals surface area contributed by atoms with Gasteiger partial charge in [-0.1, -0.05) is 29.8 Å². The molecule has 31 heavy (non-hydrogen) atoms. The van der Waals surface area contributed by atoms with Crippen LogP contribution in [0.3, 0.4) is 0 Å². The van der Waals surface area contributed by atoms with Crippen molar-refractivity contribution in [2.45, 2.75) is 19.0 Å². The lowest BCUT2D eigenvalue weighted by Gasteiger charge is -2.38. The van der Waals surface area contributed by atoms with Crippen molar-refractivity contribution < 1.29 is 14.2 Å². The molecule has 0 aromatic heterocycles. The molecular formula is C25H25BrClNO3. The van der Waals surface area contributed by atoms with E-state index in [0.29, 0.717) is 0 Å². The van der Waals surface area contributed by atoms with Gasteiger partial charge >= 0.3 is 0 Å². The molecule has 3 aromatic rings. The molecule has 0 fully saturated rings. The van der Waals surface area contributed by atoms with Crippen molar-refractivity contribution in [3.8, 4) is 17.2 Å². The highest BCUT2D eigenvalue weighted by Gasteiger charge is 2.30. The standard InChI is InChI=1S/C25H25BrClNO3/c1-29-22-8-7-16(11-21(22)26)15-28-10-9-17-13-23(30-2)24(31-3)14-20(17)25(28)18-5-4-6-19(27)12-18/h4-8,11-14,25H,9-10,15H2,1-3H3. The molecule has 0 bridgehead atoms. The van der Waals surface area contributed by atoms with Gasteiger partial charge in [0.2, 0.25) is 0 Å². The highest BCUT2D eigenvalue weighted by atomic mass is 79.9. The highest BCUT2D eigenvalue weighted by molar-refractivity contribution is 9.10. The summed E-state index contributed by atoms with van der Waals surface area (Å²) in [6.07, 6.45) is 0.935. The molecule has 0 aliphatic carbocycles. The van der Waals surface area contributed by atoms with Gasteiger partial charge in [0.1, 0.15) is 5.75 Å². The Balaban J connectivity index is 1.78. The number of rotatable bonds is 6. The van der Waals surface area contributed by atoms with Crippen LogP contribution in [0.1, 0.15) is 28.3 Å². The van der Waals surface area contributed by atoms with Crippen molar-refractivity contribution in [1.82, 2.24) is 4.90 Å². The summed E-state index contributed by atoms with van der Waals surface area (Å²) in [5.74, 6) is 2.33. The Labute approximate surface area is 196 Å². The van der Waals surface area contributed by atoms with Crippen LogP contribution in [0.25, 0.3) is 0 Å². The first-order chi connectivity index (χ1) is 15.0. The minimum absolute atomic E-state index is 0.0585. The smallest absolute Gasteiger partial charge is 0.161 e. The molecule has 6 heteroatoms. The Hall–Kier alpha value is -2.21. The number of fused-ring (bicyclic) bond motifs is 1. The minimum Gasteiger partial charge on any atom is -0.496 e. The van der Waals surface area contributed by atoms with Gasteiger partial charge in [-0.3, -0.25) is 4.90 Å². The summed E-state index contributed by atoms with van der Waals surface area (Å²) >= 11 is 9.99. The molecule has 4 nitrogen and oxygen atoms in total. The van der Waals surface area contributed by atoms with Crippen molar-refractivity contribution in [2.75, 3.05) is 27.9 Å². The van der Waals surface area contributed by atoms with E-state index < -0.39 is 0 Å². The average Bonchev–Trinajstić information content (AvgIpc) is 2.78. The molecule has 0 spiro atoms. The maximum Gasteiger partial charge on any atom is 0.161 e. The van der Waals surface area contributed by atoms with E-state index in [1.54, 1.807) is 21.3 Å². The Kier molecular flexibility index (Phi) is 6.75. The number of methoxy groups -OCH3 is 3. The zero-order valence-corrected chi connectivity index (χ0v) is 20.2. The number of hydrogen-bond donors (Lipinski definition) is 0.